The molecule has 8 heteroatoms. The van der Waals surface area contributed by atoms with E-state index >= 15 is 0 Å². The number of thiophene rings is 1. The number of anilines is 1. The fraction of sp³-hybridized carbons (Fsp3) is 0.150. The zero-order valence-corrected chi connectivity index (χ0v) is 17.5. The third kappa shape index (κ3) is 4.76. The molecule has 144 valence electrons. The van der Waals surface area contributed by atoms with Crippen LogP contribution in [-0.4, -0.2) is 27.0 Å². The Morgan fingerprint density at radius 3 is 2.82 bits per heavy atom. The lowest BCUT2D eigenvalue weighted by Crippen LogP contribution is -2.23. The van der Waals surface area contributed by atoms with Gasteiger partial charge in [-0.05, 0) is 23.6 Å². The van der Waals surface area contributed by atoms with E-state index in [4.69, 9.17) is 0 Å². The van der Waals surface area contributed by atoms with Crippen LogP contribution in [0.2, 0.25) is 0 Å². The summed E-state index contributed by atoms with van der Waals surface area (Å²) < 4.78 is 2.17. The fourth-order valence-corrected chi connectivity index (χ4v) is 4.82. The molecule has 0 spiro atoms. The summed E-state index contributed by atoms with van der Waals surface area (Å²) in [5.74, 6) is 0.765. The predicted molar refractivity (Wildman–Crippen MR) is 121 cm³/mol. The van der Waals surface area contributed by atoms with E-state index in [0.717, 1.165) is 16.3 Å². The van der Waals surface area contributed by atoms with Gasteiger partial charge >= 0.3 is 0 Å². The number of nitrogens with one attached hydrogen (secondary N) is 1. The molecule has 0 radical (unpaired) electrons. The van der Waals surface area contributed by atoms with Gasteiger partial charge in [-0.1, -0.05) is 36.0 Å². The van der Waals surface area contributed by atoms with Crippen molar-refractivity contribution in [1.29, 1.82) is 0 Å². The van der Waals surface area contributed by atoms with E-state index in [1.165, 1.54) is 23.1 Å². The molecule has 0 aliphatic carbocycles. The minimum Gasteiger partial charge on any atom is -0.324 e. The summed E-state index contributed by atoms with van der Waals surface area (Å²) in [4.78, 5) is 30.7. The number of amides is 1. The van der Waals surface area contributed by atoms with Crippen molar-refractivity contribution in [2.75, 3.05) is 16.8 Å². The summed E-state index contributed by atoms with van der Waals surface area (Å²) >= 11 is 4.22. The Morgan fingerprint density at radius 2 is 2.04 bits per heavy atom. The number of hydrogen-bond acceptors (Lipinski definition) is 6. The van der Waals surface area contributed by atoms with Gasteiger partial charge in [0.15, 0.2) is 5.16 Å². The number of aromatic nitrogens is 2. The Morgan fingerprint density at radius 1 is 1.21 bits per heavy atom. The highest BCUT2D eigenvalue weighted by Gasteiger charge is 2.14. The monoisotopic (exact) mass is 429 g/mol. The third-order valence-corrected chi connectivity index (χ3v) is 6.63. The lowest BCUT2D eigenvalue weighted by Gasteiger charge is -2.12. The van der Waals surface area contributed by atoms with Crippen molar-refractivity contribution >= 4 is 56.7 Å². The van der Waals surface area contributed by atoms with Gasteiger partial charge in [0.05, 0.1) is 17.0 Å². The molecule has 0 saturated heterocycles. The molecular weight excluding hydrogens is 410 g/mol. The van der Waals surface area contributed by atoms with Gasteiger partial charge in [-0.2, -0.15) is 0 Å². The second-order valence-electron chi connectivity index (χ2n) is 5.67. The molecular formula is C20H19N3O2S3. The number of fused-ring (bicyclic) bond motifs is 1. The van der Waals surface area contributed by atoms with Crippen molar-refractivity contribution in [1.82, 2.24) is 9.55 Å². The first-order valence-corrected chi connectivity index (χ1v) is 11.3. The van der Waals surface area contributed by atoms with Crippen LogP contribution in [0.15, 0.2) is 75.9 Å². The van der Waals surface area contributed by atoms with Crippen LogP contribution in [0, 0.1) is 0 Å². The van der Waals surface area contributed by atoms with E-state index in [1.807, 2.05) is 41.8 Å². The summed E-state index contributed by atoms with van der Waals surface area (Å²) in [6.07, 6.45) is 3.48. The Hall–Kier alpha value is -2.29. The fourth-order valence-electron chi connectivity index (χ4n) is 2.48. The molecule has 1 N–H and O–H groups in total. The summed E-state index contributed by atoms with van der Waals surface area (Å²) in [7, 11) is 0. The van der Waals surface area contributed by atoms with Crippen molar-refractivity contribution in [3.8, 4) is 0 Å². The molecule has 5 nitrogen and oxygen atoms in total. The first kappa shape index (κ1) is 20.4. The minimum absolute atomic E-state index is 0.103. The number of carbonyl (C=O) groups excluding carboxylic acids is 1. The normalized spacial score (nSPS) is 10.7. The van der Waals surface area contributed by atoms with Gasteiger partial charge in [0.1, 0.15) is 4.70 Å². The number of benzene rings is 1. The second kappa shape index (κ2) is 9.77. The summed E-state index contributed by atoms with van der Waals surface area (Å²) in [6, 6.07) is 9.47. The van der Waals surface area contributed by atoms with Gasteiger partial charge in [-0.3, -0.25) is 14.2 Å². The van der Waals surface area contributed by atoms with Crippen molar-refractivity contribution < 1.29 is 4.79 Å². The average molecular weight is 430 g/mol. The number of allylic oxidation sites excluding steroid dienone is 1. The second-order valence-corrected chi connectivity index (χ2v) is 8.59. The standard InChI is InChI=1S/C20H19N3O2S3/c1-3-10-23-19(25)18-15(9-12-27-18)22-20(23)28-13-17(24)21-14-7-5-6-8-16(14)26-11-4-2/h3-9,12H,1-2,10-11,13H2,(H,21,24). The molecule has 3 rings (SSSR count). The molecule has 3 aromatic rings. The van der Waals surface area contributed by atoms with Crippen LogP contribution in [0.5, 0.6) is 0 Å². The largest absolute Gasteiger partial charge is 0.324 e. The van der Waals surface area contributed by atoms with Crippen LogP contribution >= 0.6 is 34.9 Å². The van der Waals surface area contributed by atoms with Crippen LogP contribution in [0.25, 0.3) is 10.2 Å². The highest BCUT2D eigenvalue weighted by atomic mass is 32.2. The number of thioether (sulfide) groups is 2. The van der Waals surface area contributed by atoms with Crippen LogP contribution in [0.4, 0.5) is 5.69 Å². The topological polar surface area (TPSA) is 64.0 Å². The van der Waals surface area contributed by atoms with E-state index in [1.54, 1.807) is 22.4 Å². The van der Waals surface area contributed by atoms with Crippen molar-refractivity contribution in [3.05, 3.63) is 71.4 Å². The SMILES string of the molecule is C=CCSc1ccccc1NC(=O)CSc1nc2ccsc2c(=O)n1CC=C. The van der Waals surface area contributed by atoms with E-state index in [-0.39, 0.29) is 17.2 Å². The summed E-state index contributed by atoms with van der Waals surface area (Å²) in [6.45, 7) is 7.79. The molecule has 2 heterocycles. The van der Waals surface area contributed by atoms with E-state index in [2.05, 4.69) is 23.5 Å². The Bertz CT molecular complexity index is 1070. The van der Waals surface area contributed by atoms with Crippen molar-refractivity contribution in [2.24, 2.45) is 0 Å². The molecule has 2 aromatic heterocycles. The number of rotatable bonds is 9. The molecule has 1 amide bonds. The molecule has 0 unspecified atom stereocenters. The Balaban J connectivity index is 1.75. The third-order valence-electron chi connectivity index (χ3n) is 3.69. The molecule has 0 saturated carbocycles. The van der Waals surface area contributed by atoms with Crippen molar-refractivity contribution in [2.45, 2.75) is 16.6 Å². The minimum atomic E-state index is -0.151. The van der Waals surface area contributed by atoms with Crippen molar-refractivity contribution in [3.63, 3.8) is 0 Å². The van der Waals surface area contributed by atoms with E-state index in [0.29, 0.717) is 21.9 Å². The molecule has 28 heavy (non-hydrogen) atoms. The first-order valence-electron chi connectivity index (χ1n) is 8.48. The number of carbonyl (C=O) groups is 1. The van der Waals surface area contributed by atoms with Crippen LogP contribution in [0.3, 0.4) is 0 Å². The van der Waals surface area contributed by atoms with Gasteiger partial charge in [0.25, 0.3) is 5.56 Å². The maximum absolute atomic E-state index is 12.6. The molecule has 0 aliphatic heterocycles. The Labute approximate surface area is 175 Å². The van der Waals surface area contributed by atoms with Gasteiger partial charge in [-0.15, -0.1) is 36.3 Å². The van der Waals surface area contributed by atoms with Gasteiger partial charge < -0.3 is 5.32 Å². The molecule has 0 aliphatic rings. The predicted octanol–water partition coefficient (Wildman–Crippen LogP) is 4.65. The maximum atomic E-state index is 12.6. The van der Waals surface area contributed by atoms with Crippen LogP contribution in [0.1, 0.15) is 0 Å². The molecule has 0 fully saturated rings. The average Bonchev–Trinajstić information content (AvgIpc) is 3.17. The van der Waals surface area contributed by atoms with Crippen LogP contribution < -0.4 is 10.9 Å². The van der Waals surface area contributed by atoms with Gasteiger partial charge in [0.2, 0.25) is 5.91 Å². The van der Waals surface area contributed by atoms with Crippen LogP contribution in [-0.2, 0) is 11.3 Å². The maximum Gasteiger partial charge on any atom is 0.272 e. The highest BCUT2D eigenvalue weighted by Crippen LogP contribution is 2.27. The lowest BCUT2D eigenvalue weighted by molar-refractivity contribution is -0.113. The summed E-state index contributed by atoms with van der Waals surface area (Å²) in [5, 5.41) is 5.30. The Kier molecular flexibility index (Phi) is 7.13. The summed E-state index contributed by atoms with van der Waals surface area (Å²) in [5.41, 5.74) is 1.32. The first-order chi connectivity index (χ1) is 13.6. The smallest absolute Gasteiger partial charge is 0.272 e. The van der Waals surface area contributed by atoms with Gasteiger partial charge in [0, 0.05) is 17.2 Å². The quantitative estimate of drug-likeness (QED) is 0.305. The number of hydrogen-bond donors (Lipinski definition) is 1. The molecule has 0 atom stereocenters. The molecule has 1 aromatic carbocycles. The lowest BCUT2D eigenvalue weighted by atomic mass is 10.3. The number of nitrogens with zero attached hydrogens (tertiary/aromatic N) is 2. The highest BCUT2D eigenvalue weighted by molar-refractivity contribution is 8.00. The zero-order chi connectivity index (χ0) is 19.9. The molecule has 0 bridgehead atoms. The van der Waals surface area contributed by atoms with Gasteiger partial charge in [-0.25, -0.2) is 4.98 Å². The van der Waals surface area contributed by atoms with E-state index < -0.39 is 0 Å². The zero-order valence-electron chi connectivity index (χ0n) is 15.1. The number of para-hydroxylation sites is 1. The van der Waals surface area contributed by atoms with E-state index in [9.17, 15) is 9.59 Å².